The lowest BCUT2D eigenvalue weighted by Crippen LogP contribution is -2.41. The third-order valence-corrected chi connectivity index (χ3v) is 3.14. The maximum Gasteiger partial charge on any atom is 0.387 e. The summed E-state index contributed by atoms with van der Waals surface area (Å²) in [6.07, 6.45) is 0. The van der Waals surface area contributed by atoms with Gasteiger partial charge in [-0.3, -0.25) is 9.59 Å². The van der Waals surface area contributed by atoms with Gasteiger partial charge in [-0.25, -0.2) is 0 Å². The van der Waals surface area contributed by atoms with E-state index in [-0.39, 0.29) is 23.8 Å². The minimum Gasteiger partial charge on any atom is -0.435 e. The summed E-state index contributed by atoms with van der Waals surface area (Å²) in [6.45, 7) is 1.82. The van der Waals surface area contributed by atoms with Crippen molar-refractivity contribution in [2.24, 2.45) is 0 Å². The summed E-state index contributed by atoms with van der Waals surface area (Å²) in [4.78, 5) is 27.1. The van der Waals surface area contributed by atoms with Gasteiger partial charge in [-0.2, -0.15) is 8.78 Å². The fourth-order valence-corrected chi connectivity index (χ4v) is 1.98. The Labute approximate surface area is 128 Å². The molecular weight excluding hydrogens is 294 g/mol. The van der Waals surface area contributed by atoms with Crippen LogP contribution in [0.5, 0.6) is 5.75 Å². The predicted octanol–water partition coefficient (Wildman–Crippen LogP) is 2.23. The molecule has 1 rings (SSSR count). The van der Waals surface area contributed by atoms with Gasteiger partial charge in [0.2, 0.25) is 5.91 Å². The Bertz CT molecular complexity index is 519. The summed E-state index contributed by atoms with van der Waals surface area (Å²) >= 11 is 0. The first-order valence-electron chi connectivity index (χ1n) is 6.97. The molecule has 0 aliphatic rings. The van der Waals surface area contributed by atoms with Crippen LogP contribution in [0.3, 0.4) is 0 Å². The van der Waals surface area contributed by atoms with Gasteiger partial charge in [0.15, 0.2) is 0 Å². The molecule has 0 saturated heterocycles. The van der Waals surface area contributed by atoms with Crippen molar-refractivity contribution in [1.82, 2.24) is 9.80 Å². The van der Waals surface area contributed by atoms with Gasteiger partial charge in [0.05, 0.1) is 6.54 Å². The number of hydrogen-bond donors (Lipinski definition) is 0. The van der Waals surface area contributed by atoms with E-state index < -0.39 is 12.5 Å². The van der Waals surface area contributed by atoms with Gasteiger partial charge < -0.3 is 14.5 Å². The van der Waals surface area contributed by atoms with Gasteiger partial charge in [-0.1, -0.05) is 6.07 Å². The molecule has 0 heterocycles. The molecule has 0 spiro atoms. The molecule has 0 saturated carbocycles. The third kappa shape index (κ3) is 4.98. The van der Waals surface area contributed by atoms with E-state index in [4.69, 9.17) is 0 Å². The molecule has 0 atom stereocenters. The van der Waals surface area contributed by atoms with E-state index in [0.717, 1.165) is 0 Å². The molecule has 0 radical (unpaired) electrons. The fourth-order valence-electron chi connectivity index (χ4n) is 1.98. The Morgan fingerprint density at radius 3 is 2.41 bits per heavy atom. The van der Waals surface area contributed by atoms with Crippen molar-refractivity contribution in [1.29, 1.82) is 0 Å². The molecule has 0 aliphatic heterocycles. The van der Waals surface area contributed by atoms with Crippen molar-refractivity contribution in [2.75, 3.05) is 26.7 Å². The first-order chi connectivity index (χ1) is 10.4. The van der Waals surface area contributed by atoms with Crippen molar-refractivity contribution >= 4 is 11.8 Å². The molecule has 0 N–H and O–H groups in total. The normalized spacial score (nSPS) is 10.5. The highest BCUT2D eigenvalue weighted by molar-refractivity contribution is 5.96. The quantitative estimate of drug-likeness (QED) is 0.775. The Morgan fingerprint density at radius 1 is 1.23 bits per heavy atom. The maximum atomic E-state index is 12.2. The van der Waals surface area contributed by atoms with E-state index in [2.05, 4.69) is 4.74 Å². The Kier molecular flexibility index (Phi) is 6.75. The van der Waals surface area contributed by atoms with E-state index >= 15 is 0 Å². The fraction of sp³-hybridized carbons (Fsp3) is 0.467. The number of likely N-dealkylation sites (N-methyl/N-ethyl adjacent to an activating group) is 2. The lowest BCUT2D eigenvalue weighted by molar-refractivity contribution is -0.131. The minimum atomic E-state index is -2.95. The van der Waals surface area contributed by atoms with Crippen LogP contribution in [0.1, 0.15) is 24.2 Å². The maximum absolute atomic E-state index is 12.2. The van der Waals surface area contributed by atoms with Gasteiger partial charge in [0.25, 0.3) is 5.91 Å². The number of carbonyl (C=O) groups excluding carboxylic acids is 2. The number of alkyl halides is 2. The first-order valence-corrected chi connectivity index (χ1v) is 6.97. The number of benzene rings is 1. The molecule has 22 heavy (non-hydrogen) atoms. The van der Waals surface area contributed by atoms with Gasteiger partial charge >= 0.3 is 6.61 Å². The van der Waals surface area contributed by atoms with Crippen LogP contribution >= 0.6 is 0 Å². The van der Waals surface area contributed by atoms with Crippen LogP contribution in [0, 0.1) is 0 Å². The van der Waals surface area contributed by atoms with Gasteiger partial charge in [-0.15, -0.1) is 0 Å². The summed E-state index contributed by atoms with van der Waals surface area (Å²) in [5.74, 6) is -0.689. The second kappa shape index (κ2) is 8.31. The third-order valence-electron chi connectivity index (χ3n) is 3.14. The van der Waals surface area contributed by atoms with Crippen molar-refractivity contribution in [3.63, 3.8) is 0 Å². The van der Waals surface area contributed by atoms with Crippen LogP contribution in [0.2, 0.25) is 0 Å². The standard InChI is InChI=1S/C15H20F2N2O3/c1-4-19(5-2)13(20)10-18(3)14(21)11-7-6-8-12(9-11)22-15(16)17/h6-9,15H,4-5,10H2,1-3H3. The zero-order valence-corrected chi connectivity index (χ0v) is 12.9. The summed E-state index contributed by atoms with van der Waals surface area (Å²) in [6, 6.07) is 5.50. The Hall–Kier alpha value is -2.18. The van der Waals surface area contributed by atoms with Crippen molar-refractivity contribution in [2.45, 2.75) is 20.5 Å². The summed E-state index contributed by atoms with van der Waals surface area (Å²) in [5, 5.41) is 0. The van der Waals surface area contributed by atoms with Crippen LogP contribution in [0.15, 0.2) is 24.3 Å². The van der Waals surface area contributed by atoms with Crippen molar-refractivity contribution in [3.8, 4) is 5.75 Å². The first kappa shape index (κ1) is 17.9. The van der Waals surface area contributed by atoms with Crippen molar-refractivity contribution in [3.05, 3.63) is 29.8 Å². The topological polar surface area (TPSA) is 49.9 Å². The molecule has 0 bridgehead atoms. The molecule has 2 amide bonds. The van der Waals surface area contributed by atoms with Crippen LogP contribution in [-0.2, 0) is 4.79 Å². The van der Waals surface area contributed by atoms with Crippen LogP contribution in [0.4, 0.5) is 8.78 Å². The predicted molar refractivity (Wildman–Crippen MR) is 78.0 cm³/mol. The Morgan fingerprint density at radius 2 is 1.86 bits per heavy atom. The number of carbonyl (C=O) groups is 2. The van der Waals surface area contributed by atoms with E-state index in [9.17, 15) is 18.4 Å². The number of ether oxygens (including phenoxy) is 1. The zero-order chi connectivity index (χ0) is 16.7. The molecule has 122 valence electrons. The molecule has 0 unspecified atom stereocenters. The number of halogens is 2. The highest BCUT2D eigenvalue weighted by atomic mass is 19.3. The largest absolute Gasteiger partial charge is 0.435 e. The molecule has 0 aliphatic carbocycles. The molecule has 7 heteroatoms. The number of amides is 2. The summed E-state index contributed by atoms with van der Waals surface area (Å²) in [7, 11) is 1.49. The van der Waals surface area contributed by atoms with Gasteiger partial charge in [0.1, 0.15) is 5.75 Å². The molecule has 0 aromatic heterocycles. The highest BCUT2D eigenvalue weighted by Gasteiger charge is 2.18. The average Bonchev–Trinajstić information content (AvgIpc) is 2.47. The molecule has 1 aromatic carbocycles. The summed E-state index contributed by atoms with van der Waals surface area (Å²) in [5.41, 5.74) is 0.188. The molecular formula is C15H20F2N2O3. The number of nitrogens with zero attached hydrogens (tertiary/aromatic N) is 2. The molecule has 0 fully saturated rings. The van der Waals surface area contributed by atoms with Gasteiger partial charge in [-0.05, 0) is 32.0 Å². The second-order valence-electron chi connectivity index (χ2n) is 4.63. The lowest BCUT2D eigenvalue weighted by Gasteiger charge is -2.23. The van der Waals surface area contributed by atoms with Crippen LogP contribution in [-0.4, -0.2) is 54.9 Å². The molecule has 5 nitrogen and oxygen atoms in total. The van der Waals surface area contributed by atoms with Crippen molar-refractivity contribution < 1.29 is 23.1 Å². The zero-order valence-electron chi connectivity index (χ0n) is 12.9. The minimum absolute atomic E-state index is 0.0690. The van der Waals surface area contributed by atoms with E-state index in [0.29, 0.717) is 13.1 Å². The SMILES string of the molecule is CCN(CC)C(=O)CN(C)C(=O)c1cccc(OC(F)F)c1. The second-order valence-corrected chi connectivity index (χ2v) is 4.63. The monoisotopic (exact) mass is 314 g/mol. The lowest BCUT2D eigenvalue weighted by atomic mass is 10.2. The smallest absolute Gasteiger partial charge is 0.387 e. The van der Waals surface area contributed by atoms with Crippen LogP contribution in [0.25, 0.3) is 0 Å². The van der Waals surface area contributed by atoms with Gasteiger partial charge in [0, 0.05) is 25.7 Å². The molecule has 1 aromatic rings. The van der Waals surface area contributed by atoms with E-state index in [1.807, 2.05) is 13.8 Å². The average molecular weight is 314 g/mol. The summed E-state index contributed by atoms with van der Waals surface area (Å²) < 4.78 is 28.6. The van der Waals surface area contributed by atoms with Crippen LogP contribution < -0.4 is 4.74 Å². The number of hydrogen-bond acceptors (Lipinski definition) is 3. The Balaban J connectivity index is 2.76. The number of rotatable bonds is 7. The van der Waals surface area contributed by atoms with E-state index in [1.165, 1.54) is 36.2 Å². The van der Waals surface area contributed by atoms with E-state index in [1.54, 1.807) is 4.90 Å². The highest BCUT2D eigenvalue weighted by Crippen LogP contribution is 2.17.